The van der Waals surface area contributed by atoms with Crippen molar-refractivity contribution in [1.29, 1.82) is 0 Å². The molecule has 0 saturated carbocycles. The van der Waals surface area contributed by atoms with Gasteiger partial charge in [-0.25, -0.2) is 0 Å². The van der Waals surface area contributed by atoms with E-state index in [0.29, 0.717) is 29.7 Å². The van der Waals surface area contributed by atoms with Gasteiger partial charge in [0, 0.05) is 11.4 Å². The molecule has 1 aromatic rings. The zero-order valence-corrected chi connectivity index (χ0v) is 9.17. The maximum absolute atomic E-state index is 5.75. The first kappa shape index (κ1) is 11.7. The lowest BCUT2D eigenvalue weighted by Crippen LogP contribution is -2.02. The van der Waals surface area contributed by atoms with Gasteiger partial charge in [0.05, 0.1) is 25.2 Å². The van der Waals surface area contributed by atoms with E-state index in [1.54, 1.807) is 18.2 Å². The summed E-state index contributed by atoms with van der Waals surface area (Å²) in [5.41, 5.74) is 6.25. The van der Waals surface area contributed by atoms with E-state index in [9.17, 15) is 0 Å². The Morgan fingerprint density at radius 2 is 2.20 bits per heavy atom. The lowest BCUT2D eigenvalue weighted by atomic mass is 10.3. The van der Waals surface area contributed by atoms with Crippen LogP contribution < -0.4 is 10.5 Å². The quantitative estimate of drug-likeness (QED) is 0.462. The third-order valence-corrected chi connectivity index (χ3v) is 1.99. The van der Waals surface area contributed by atoms with Gasteiger partial charge in [0.2, 0.25) is 0 Å². The third-order valence-electron chi connectivity index (χ3n) is 1.75. The van der Waals surface area contributed by atoms with Gasteiger partial charge in [-0.2, -0.15) is 0 Å². The first-order valence-corrected chi connectivity index (χ1v) is 5.02. The fourth-order valence-corrected chi connectivity index (χ4v) is 1.24. The highest BCUT2D eigenvalue weighted by Crippen LogP contribution is 2.24. The van der Waals surface area contributed by atoms with Gasteiger partial charge < -0.3 is 15.2 Å². The van der Waals surface area contributed by atoms with Gasteiger partial charge in [-0.15, -0.1) is 0 Å². The van der Waals surface area contributed by atoms with Crippen molar-refractivity contribution < 1.29 is 9.47 Å². The number of hydrogen-bond acceptors (Lipinski definition) is 3. The SMILES string of the molecule is C=COCCCOc1ccc(Cl)cc1N. The number of rotatable bonds is 6. The van der Waals surface area contributed by atoms with E-state index in [4.69, 9.17) is 26.8 Å². The Morgan fingerprint density at radius 3 is 2.87 bits per heavy atom. The number of halogens is 1. The zero-order valence-electron chi connectivity index (χ0n) is 8.41. The van der Waals surface area contributed by atoms with E-state index in [1.165, 1.54) is 6.26 Å². The number of nitrogen functional groups attached to an aromatic ring is 1. The van der Waals surface area contributed by atoms with Gasteiger partial charge in [0.25, 0.3) is 0 Å². The van der Waals surface area contributed by atoms with Gasteiger partial charge in [-0.3, -0.25) is 0 Å². The third kappa shape index (κ3) is 4.13. The Hall–Kier alpha value is -1.35. The molecular formula is C11H14ClNO2. The minimum Gasteiger partial charge on any atom is -0.502 e. The fraction of sp³-hybridized carbons (Fsp3) is 0.273. The van der Waals surface area contributed by atoms with Crippen LogP contribution >= 0.6 is 11.6 Å². The summed E-state index contributed by atoms with van der Waals surface area (Å²) in [7, 11) is 0. The number of ether oxygens (including phenoxy) is 2. The van der Waals surface area contributed by atoms with Crippen LogP contribution in [-0.2, 0) is 4.74 Å². The fourth-order valence-electron chi connectivity index (χ4n) is 1.06. The standard InChI is InChI=1S/C11H14ClNO2/c1-2-14-6-3-7-15-11-5-4-9(12)8-10(11)13/h2,4-5,8H,1,3,6-7,13H2. The van der Waals surface area contributed by atoms with Crippen LogP contribution in [-0.4, -0.2) is 13.2 Å². The second-order valence-electron chi connectivity index (χ2n) is 2.92. The Balaban J connectivity index is 2.34. The summed E-state index contributed by atoms with van der Waals surface area (Å²) in [6.45, 7) is 4.59. The summed E-state index contributed by atoms with van der Waals surface area (Å²) in [6, 6.07) is 5.16. The monoisotopic (exact) mass is 227 g/mol. The molecule has 2 N–H and O–H groups in total. The average Bonchev–Trinajstić information content (AvgIpc) is 2.20. The Kier molecular flexibility index (Phi) is 4.84. The highest BCUT2D eigenvalue weighted by atomic mass is 35.5. The van der Waals surface area contributed by atoms with Crippen molar-refractivity contribution in [3.63, 3.8) is 0 Å². The molecule has 4 heteroatoms. The first-order valence-electron chi connectivity index (χ1n) is 4.64. The molecular weight excluding hydrogens is 214 g/mol. The minimum atomic E-state index is 0.548. The van der Waals surface area contributed by atoms with Crippen molar-refractivity contribution in [2.24, 2.45) is 0 Å². The van der Waals surface area contributed by atoms with E-state index in [2.05, 4.69) is 6.58 Å². The molecule has 0 aromatic heterocycles. The van der Waals surface area contributed by atoms with Crippen molar-refractivity contribution >= 4 is 17.3 Å². The summed E-state index contributed by atoms with van der Waals surface area (Å²) in [5.74, 6) is 0.651. The van der Waals surface area contributed by atoms with Gasteiger partial charge in [0.1, 0.15) is 5.75 Å². The summed E-state index contributed by atoms with van der Waals surface area (Å²) in [4.78, 5) is 0. The van der Waals surface area contributed by atoms with Crippen LogP contribution in [0.5, 0.6) is 5.75 Å². The van der Waals surface area contributed by atoms with Gasteiger partial charge >= 0.3 is 0 Å². The number of benzene rings is 1. The van der Waals surface area contributed by atoms with Crippen LogP contribution in [0.15, 0.2) is 31.0 Å². The lowest BCUT2D eigenvalue weighted by molar-refractivity contribution is 0.210. The van der Waals surface area contributed by atoms with Crippen molar-refractivity contribution in [1.82, 2.24) is 0 Å². The Morgan fingerprint density at radius 1 is 1.40 bits per heavy atom. The smallest absolute Gasteiger partial charge is 0.142 e. The van der Waals surface area contributed by atoms with E-state index in [0.717, 1.165) is 6.42 Å². The molecule has 0 amide bonds. The van der Waals surface area contributed by atoms with Gasteiger partial charge in [-0.05, 0) is 18.2 Å². The molecule has 3 nitrogen and oxygen atoms in total. The molecule has 15 heavy (non-hydrogen) atoms. The molecule has 0 heterocycles. The van der Waals surface area contributed by atoms with Crippen LogP contribution in [0, 0.1) is 0 Å². The summed E-state index contributed by atoms with van der Waals surface area (Å²) in [6.07, 6.45) is 2.20. The Labute approximate surface area is 94.4 Å². The molecule has 0 radical (unpaired) electrons. The van der Waals surface area contributed by atoms with E-state index in [1.807, 2.05) is 0 Å². The average molecular weight is 228 g/mol. The van der Waals surface area contributed by atoms with Crippen LogP contribution in [0.25, 0.3) is 0 Å². The normalized spacial score (nSPS) is 9.67. The molecule has 0 unspecified atom stereocenters. The highest BCUT2D eigenvalue weighted by Gasteiger charge is 2.00. The minimum absolute atomic E-state index is 0.548. The topological polar surface area (TPSA) is 44.5 Å². The molecule has 0 aliphatic heterocycles. The summed E-state index contributed by atoms with van der Waals surface area (Å²) < 4.78 is 10.4. The molecule has 82 valence electrons. The highest BCUT2D eigenvalue weighted by molar-refractivity contribution is 6.30. The molecule has 1 rings (SSSR count). The van der Waals surface area contributed by atoms with Gasteiger partial charge in [-0.1, -0.05) is 18.2 Å². The molecule has 0 aliphatic carbocycles. The summed E-state index contributed by atoms with van der Waals surface area (Å²) in [5, 5.41) is 0.606. The lowest BCUT2D eigenvalue weighted by Gasteiger charge is -2.08. The molecule has 0 aliphatic rings. The van der Waals surface area contributed by atoms with E-state index < -0.39 is 0 Å². The Bertz CT molecular complexity index is 328. The molecule has 0 atom stereocenters. The molecule has 0 saturated heterocycles. The molecule has 0 fully saturated rings. The number of hydrogen-bond donors (Lipinski definition) is 1. The van der Waals surface area contributed by atoms with Crippen LogP contribution in [0.3, 0.4) is 0 Å². The van der Waals surface area contributed by atoms with E-state index in [-0.39, 0.29) is 0 Å². The predicted octanol–water partition coefficient (Wildman–Crippen LogP) is 2.85. The van der Waals surface area contributed by atoms with Crippen LogP contribution in [0.2, 0.25) is 5.02 Å². The van der Waals surface area contributed by atoms with Gasteiger partial charge in [0.15, 0.2) is 0 Å². The van der Waals surface area contributed by atoms with Crippen molar-refractivity contribution in [2.75, 3.05) is 18.9 Å². The van der Waals surface area contributed by atoms with Crippen molar-refractivity contribution in [3.8, 4) is 5.75 Å². The predicted molar refractivity (Wildman–Crippen MR) is 62.1 cm³/mol. The maximum atomic E-state index is 5.75. The first-order chi connectivity index (χ1) is 7.24. The number of anilines is 1. The van der Waals surface area contributed by atoms with Crippen LogP contribution in [0.4, 0.5) is 5.69 Å². The second kappa shape index (κ2) is 6.19. The van der Waals surface area contributed by atoms with Crippen LogP contribution in [0.1, 0.15) is 6.42 Å². The maximum Gasteiger partial charge on any atom is 0.142 e. The van der Waals surface area contributed by atoms with Crippen molar-refractivity contribution in [2.45, 2.75) is 6.42 Å². The largest absolute Gasteiger partial charge is 0.502 e. The molecule has 0 bridgehead atoms. The zero-order chi connectivity index (χ0) is 11.1. The van der Waals surface area contributed by atoms with E-state index >= 15 is 0 Å². The van der Waals surface area contributed by atoms with Crippen molar-refractivity contribution in [3.05, 3.63) is 36.1 Å². The molecule has 0 spiro atoms. The molecule has 1 aromatic carbocycles. The second-order valence-corrected chi connectivity index (χ2v) is 3.36. The summed E-state index contributed by atoms with van der Waals surface area (Å²) >= 11 is 5.75. The number of nitrogens with two attached hydrogens (primary N) is 1.